The summed E-state index contributed by atoms with van der Waals surface area (Å²) >= 11 is 0. The van der Waals surface area contributed by atoms with E-state index in [1.54, 1.807) is 13.8 Å². The van der Waals surface area contributed by atoms with Crippen LogP contribution in [0.4, 0.5) is 0 Å². The number of carboxylic acids is 1. The van der Waals surface area contributed by atoms with Gasteiger partial charge in [-0.2, -0.15) is 0 Å². The third-order valence-corrected chi connectivity index (χ3v) is 3.90. The average Bonchev–Trinajstić information content (AvgIpc) is 2.33. The third kappa shape index (κ3) is 3.33. The Morgan fingerprint density at radius 2 is 2.05 bits per heavy atom. The number of aliphatic carboxylic acids is 1. The maximum atomic E-state index is 11.5. The number of hydrogen-bond acceptors (Lipinski definition) is 3. The van der Waals surface area contributed by atoms with Gasteiger partial charge in [-0.15, -0.1) is 0 Å². The predicted octanol–water partition coefficient (Wildman–Crippen LogP) is 1.71. The summed E-state index contributed by atoms with van der Waals surface area (Å²) in [6.07, 6.45) is 1.13. The zero-order valence-electron chi connectivity index (χ0n) is 11.6. The molecule has 1 aliphatic rings. The maximum absolute atomic E-state index is 11.5. The summed E-state index contributed by atoms with van der Waals surface area (Å²) in [6, 6.07) is 10.5. The van der Waals surface area contributed by atoms with Crippen LogP contribution >= 0.6 is 0 Å². The van der Waals surface area contributed by atoms with E-state index in [2.05, 4.69) is 5.32 Å². The van der Waals surface area contributed by atoms with E-state index in [9.17, 15) is 9.90 Å². The van der Waals surface area contributed by atoms with Crippen LogP contribution in [0.5, 0.6) is 0 Å². The van der Waals surface area contributed by atoms with Crippen LogP contribution < -0.4 is 5.32 Å². The summed E-state index contributed by atoms with van der Waals surface area (Å²) in [6.45, 7) is 6.03. The molecule has 1 fully saturated rings. The quantitative estimate of drug-likeness (QED) is 0.819. The minimum Gasteiger partial charge on any atom is -0.480 e. The number of nitrogens with zero attached hydrogens (tertiary/aromatic N) is 1. The van der Waals surface area contributed by atoms with Gasteiger partial charge in [0.2, 0.25) is 0 Å². The molecule has 0 bridgehead atoms. The van der Waals surface area contributed by atoms with Gasteiger partial charge in [-0.3, -0.25) is 9.69 Å². The van der Waals surface area contributed by atoms with Crippen LogP contribution in [0.3, 0.4) is 0 Å². The fourth-order valence-electron chi connectivity index (χ4n) is 2.20. The lowest BCUT2D eigenvalue weighted by Gasteiger charge is -2.40. The topological polar surface area (TPSA) is 52.6 Å². The first-order chi connectivity index (χ1) is 9.00. The average molecular weight is 262 g/mol. The van der Waals surface area contributed by atoms with E-state index in [1.807, 2.05) is 35.2 Å². The van der Waals surface area contributed by atoms with Gasteiger partial charge < -0.3 is 10.4 Å². The van der Waals surface area contributed by atoms with Gasteiger partial charge in [-0.05, 0) is 32.4 Å². The number of carbonyl (C=O) groups is 1. The van der Waals surface area contributed by atoms with Crippen molar-refractivity contribution in [1.29, 1.82) is 0 Å². The molecule has 0 aromatic heterocycles. The Labute approximate surface area is 114 Å². The van der Waals surface area contributed by atoms with Crippen LogP contribution in [-0.4, -0.2) is 40.6 Å². The van der Waals surface area contributed by atoms with E-state index in [0.717, 1.165) is 25.1 Å². The second-order valence-electron chi connectivity index (χ2n) is 5.67. The highest BCUT2D eigenvalue weighted by Crippen LogP contribution is 2.20. The van der Waals surface area contributed by atoms with Crippen molar-refractivity contribution in [1.82, 2.24) is 10.2 Å². The fourth-order valence-corrected chi connectivity index (χ4v) is 2.20. The zero-order valence-corrected chi connectivity index (χ0v) is 11.6. The van der Waals surface area contributed by atoms with Crippen molar-refractivity contribution >= 4 is 5.97 Å². The Hall–Kier alpha value is -1.39. The molecule has 1 heterocycles. The molecule has 4 heteroatoms. The molecule has 1 saturated heterocycles. The Balaban J connectivity index is 2.11. The highest BCUT2D eigenvalue weighted by atomic mass is 16.4. The molecule has 19 heavy (non-hydrogen) atoms. The summed E-state index contributed by atoms with van der Waals surface area (Å²) in [5.41, 5.74) is 0.295. The maximum Gasteiger partial charge on any atom is 0.323 e. The summed E-state index contributed by atoms with van der Waals surface area (Å²) in [5.74, 6) is -0.775. The number of benzene rings is 1. The monoisotopic (exact) mass is 262 g/mol. The van der Waals surface area contributed by atoms with E-state index in [0.29, 0.717) is 12.6 Å². The largest absolute Gasteiger partial charge is 0.480 e. The van der Waals surface area contributed by atoms with Crippen molar-refractivity contribution in [3.63, 3.8) is 0 Å². The summed E-state index contributed by atoms with van der Waals surface area (Å²) < 4.78 is 0. The lowest BCUT2D eigenvalue weighted by atomic mass is 9.98. The standard InChI is InChI=1S/C15H22N2O2/c1-15(2,14(18)19)17(11-13-8-9-16-13)10-12-6-4-3-5-7-12/h3-7,13,16H,8-11H2,1-2H3,(H,18,19). The second kappa shape index (κ2) is 5.72. The lowest BCUT2D eigenvalue weighted by Crippen LogP contribution is -2.57. The van der Waals surface area contributed by atoms with Crippen molar-refractivity contribution in [2.75, 3.05) is 13.1 Å². The van der Waals surface area contributed by atoms with Gasteiger partial charge in [-0.25, -0.2) is 0 Å². The smallest absolute Gasteiger partial charge is 0.323 e. The van der Waals surface area contributed by atoms with E-state index in [4.69, 9.17) is 0 Å². The number of nitrogens with one attached hydrogen (secondary N) is 1. The van der Waals surface area contributed by atoms with Gasteiger partial charge in [0.25, 0.3) is 0 Å². The molecule has 2 rings (SSSR count). The van der Waals surface area contributed by atoms with Crippen molar-refractivity contribution in [2.24, 2.45) is 0 Å². The van der Waals surface area contributed by atoms with E-state index >= 15 is 0 Å². The molecule has 0 radical (unpaired) electrons. The molecule has 1 aromatic rings. The Morgan fingerprint density at radius 3 is 2.53 bits per heavy atom. The summed E-state index contributed by atoms with van der Waals surface area (Å²) in [5, 5.41) is 12.8. The molecule has 0 aliphatic carbocycles. The van der Waals surface area contributed by atoms with E-state index in [-0.39, 0.29) is 0 Å². The molecule has 104 valence electrons. The highest BCUT2D eigenvalue weighted by molar-refractivity contribution is 5.77. The summed E-state index contributed by atoms with van der Waals surface area (Å²) in [4.78, 5) is 13.5. The number of hydrogen-bond donors (Lipinski definition) is 2. The van der Waals surface area contributed by atoms with Gasteiger partial charge in [0.1, 0.15) is 5.54 Å². The predicted molar refractivity (Wildman–Crippen MR) is 75.0 cm³/mol. The molecule has 0 saturated carbocycles. The van der Waals surface area contributed by atoms with Gasteiger partial charge in [0, 0.05) is 19.1 Å². The van der Waals surface area contributed by atoms with Crippen LogP contribution in [0.2, 0.25) is 0 Å². The minimum absolute atomic E-state index is 0.419. The van der Waals surface area contributed by atoms with Crippen LogP contribution in [0.15, 0.2) is 30.3 Å². The van der Waals surface area contributed by atoms with Crippen molar-refractivity contribution < 1.29 is 9.90 Å². The van der Waals surface area contributed by atoms with E-state index in [1.165, 1.54) is 0 Å². The van der Waals surface area contributed by atoms with Gasteiger partial charge >= 0.3 is 5.97 Å². The number of carboxylic acid groups (broad SMARTS) is 1. The lowest BCUT2D eigenvalue weighted by molar-refractivity contribution is -0.150. The van der Waals surface area contributed by atoms with Crippen molar-refractivity contribution in [2.45, 2.75) is 38.4 Å². The number of rotatable bonds is 6. The van der Waals surface area contributed by atoms with Gasteiger partial charge in [0.15, 0.2) is 0 Å². The van der Waals surface area contributed by atoms with Crippen molar-refractivity contribution in [3.8, 4) is 0 Å². The third-order valence-electron chi connectivity index (χ3n) is 3.90. The fraction of sp³-hybridized carbons (Fsp3) is 0.533. The Morgan fingerprint density at radius 1 is 1.42 bits per heavy atom. The molecule has 0 amide bonds. The van der Waals surface area contributed by atoms with Gasteiger partial charge in [0.05, 0.1) is 0 Å². The first-order valence-corrected chi connectivity index (χ1v) is 6.76. The first kappa shape index (κ1) is 14.0. The van der Waals surface area contributed by atoms with Crippen LogP contribution in [0.1, 0.15) is 25.8 Å². The first-order valence-electron chi connectivity index (χ1n) is 6.76. The molecule has 4 nitrogen and oxygen atoms in total. The zero-order chi connectivity index (χ0) is 13.9. The SMILES string of the molecule is CC(C)(C(=O)O)N(Cc1ccccc1)CC1CCN1. The van der Waals surface area contributed by atoms with Crippen molar-refractivity contribution in [3.05, 3.63) is 35.9 Å². The molecular weight excluding hydrogens is 240 g/mol. The molecule has 1 unspecified atom stereocenters. The molecule has 1 atom stereocenters. The molecule has 2 N–H and O–H groups in total. The van der Waals surface area contributed by atoms with Gasteiger partial charge in [-0.1, -0.05) is 30.3 Å². The molecule has 1 aromatic carbocycles. The Bertz CT molecular complexity index is 427. The Kier molecular flexibility index (Phi) is 4.22. The van der Waals surface area contributed by atoms with Crippen LogP contribution in [0, 0.1) is 0 Å². The molecule has 0 spiro atoms. The minimum atomic E-state index is -0.854. The normalized spacial score (nSPS) is 19.2. The second-order valence-corrected chi connectivity index (χ2v) is 5.67. The molecule has 1 aliphatic heterocycles. The summed E-state index contributed by atoms with van der Waals surface area (Å²) in [7, 11) is 0. The highest BCUT2D eigenvalue weighted by Gasteiger charge is 2.36. The van der Waals surface area contributed by atoms with Crippen LogP contribution in [0.25, 0.3) is 0 Å². The van der Waals surface area contributed by atoms with E-state index < -0.39 is 11.5 Å². The van der Waals surface area contributed by atoms with Crippen LogP contribution in [-0.2, 0) is 11.3 Å². The molecular formula is C15H22N2O2.